The Kier molecular flexibility index (Phi) is 5.25. The first kappa shape index (κ1) is 18.4. The van der Waals surface area contributed by atoms with Gasteiger partial charge in [-0.3, -0.25) is 4.79 Å². The Morgan fingerprint density at radius 3 is 2.71 bits per heavy atom. The first-order valence-corrected chi connectivity index (χ1v) is 9.22. The first-order valence-electron chi connectivity index (χ1n) is 8.84. The van der Waals surface area contributed by atoms with Crippen molar-refractivity contribution in [2.75, 3.05) is 6.61 Å². The zero-order chi connectivity index (χ0) is 19.5. The maximum absolute atomic E-state index is 13.2. The van der Waals surface area contributed by atoms with Gasteiger partial charge in [0.2, 0.25) is 11.8 Å². The van der Waals surface area contributed by atoms with Crippen molar-refractivity contribution in [1.29, 1.82) is 0 Å². The number of carbonyl (C=O) groups is 1. The lowest BCUT2D eigenvalue weighted by Gasteiger charge is -2.20. The molecular weight excluding hydrogens is 385 g/mol. The van der Waals surface area contributed by atoms with Gasteiger partial charge in [-0.05, 0) is 49.2 Å². The van der Waals surface area contributed by atoms with E-state index >= 15 is 0 Å². The van der Waals surface area contributed by atoms with Crippen LogP contribution in [0.25, 0.3) is 11.5 Å². The van der Waals surface area contributed by atoms with Crippen LogP contribution in [0.5, 0.6) is 5.75 Å². The molecule has 1 fully saturated rings. The fourth-order valence-corrected chi connectivity index (χ4v) is 2.89. The minimum Gasteiger partial charge on any atom is -0.484 e. The Balaban J connectivity index is 1.41. The third-order valence-corrected chi connectivity index (χ3v) is 4.58. The van der Waals surface area contributed by atoms with Crippen molar-refractivity contribution in [2.24, 2.45) is 0 Å². The molecule has 6 nitrogen and oxygen atoms in total. The van der Waals surface area contributed by atoms with Crippen LogP contribution in [0.15, 0.2) is 52.9 Å². The van der Waals surface area contributed by atoms with E-state index in [2.05, 4.69) is 10.2 Å². The summed E-state index contributed by atoms with van der Waals surface area (Å²) in [6.07, 6.45) is 1.84. The van der Waals surface area contributed by atoms with Crippen molar-refractivity contribution in [3.63, 3.8) is 0 Å². The van der Waals surface area contributed by atoms with Crippen LogP contribution in [0.2, 0.25) is 5.02 Å². The molecule has 0 spiro atoms. The van der Waals surface area contributed by atoms with Gasteiger partial charge in [-0.2, -0.15) is 0 Å². The van der Waals surface area contributed by atoms with Gasteiger partial charge in [0.1, 0.15) is 11.6 Å². The van der Waals surface area contributed by atoms with Crippen LogP contribution in [0, 0.1) is 5.82 Å². The van der Waals surface area contributed by atoms with Crippen LogP contribution in [0.4, 0.5) is 4.39 Å². The van der Waals surface area contributed by atoms with E-state index in [1.54, 1.807) is 35.2 Å². The van der Waals surface area contributed by atoms with Gasteiger partial charge in [-0.1, -0.05) is 17.7 Å². The van der Waals surface area contributed by atoms with Gasteiger partial charge in [-0.25, -0.2) is 4.39 Å². The zero-order valence-corrected chi connectivity index (χ0v) is 15.6. The van der Waals surface area contributed by atoms with Crippen LogP contribution in [0.3, 0.4) is 0 Å². The summed E-state index contributed by atoms with van der Waals surface area (Å²) in [4.78, 5) is 14.3. The van der Waals surface area contributed by atoms with Crippen LogP contribution in [-0.2, 0) is 11.3 Å². The number of nitrogens with zero attached hydrogens (tertiary/aromatic N) is 3. The molecule has 0 bridgehead atoms. The molecule has 1 saturated carbocycles. The summed E-state index contributed by atoms with van der Waals surface area (Å²) in [5.74, 6) is 0.399. The Morgan fingerprint density at radius 1 is 1.21 bits per heavy atom. The summed E-state index contributed by atoms with van der Waals surface area (Å²) in [5, 5.41) is 8.70. The number of benzene rings is 2. The van der Waals surface area contributed by atoms with E-state index in [9.17, 15) is 9.18 Å². The van der Waals surface area contributed by atoms with E-state index in [1.165, 1.54) is 18.2 Å². The summed E-state index contributed by atoms with van der Waals surface area (Å²) < 4.78 is 24.3. The van der Waals surface area contributed by atoms with Crippen LogP contribution >= 0.6 is 11.6 Å². The van der Waals surface area contributed by atoms with Crippen LogP contribution in [0.1, 0.15) is 18.7 Å². The normalized spacial score (nSPS) is 13.4. The largest absolute Gasteiger partial charge is 0.484 e. The number of aromatic nitrogens is 2. The maximum Gasteiger partial charge on any atom is 0.261 e. The molecule has 1 amide bonds. The van der Waals surface area contributed by atoms with Crippen molar-refractivity contribution in [3.8, 4) is 17.2 Å². The minimum absolute atomic E-state index is 0.134. The van der Waals surface area contributed by atoms with E-state index in [4.69, 9.17) is 20.8 Å². The van der Waals surface area contributed by atoms with Crippen molar-refractivity contribution < 1.29 is 18.3 Å². The second-order valence-corrected chi connectivity index (χ2v) is 6.94. The molecule has 4 rings (SSSR count). The maximum atomic E-state index is 13.2. The minimum atomic E-state index is -0.412. The zero-order valence-electron chi connectivity index (χ0n) is 14.8. The topological polar surface area (TPSA) is 68.5 Å². The molecule has 0 N–H and O–H groups in total. The van der Waals surface area contributed by atoms with Crippen LogP contribution < -0.4 is 4.74 Å². The summed E-state index contributed by atoms with van der Waals surface area (Å²) in [6, 6.07) is 12.9. The van der Waals surface area contributed by atoms with Crippen molar-refractivity contribution in [2.45, 2.75) is 25.4 Å². The summed E-state index contributed by atoms with van der Waals surface area (Å²) >= 11 is 5.89. The lowest BCUT2D eigenvalue weighted by molar-refractivity contribution is -0.134. The number of ether oxygens (including phenoxy) is 1. The van der Waals surface area contributed by atoms with E-state index in [0.717, 1.165) is 18.4 Å². The van der Waals surface area contributed by atoms with Gasteiger partial charge in [0.15, 0.2) is 6.61 Å². The molecule has 0 aliphatic heterocycles. The summed E-state index contributed by atoms with van der Waals surface area (Å²) in [6.45, 7) is 0.0226. The third kappa shape index (κ3) is 4.48. The van der Waals surface area contributed by atoms with Gasteiger partial charge >= 0.3 is 0 Å². The Labute approximate surface area is 165 Å². The lowest BCUT2D eigenvalue weighted by Crippen LogP contribution is -2.36. The van der Waals surface area contributed by atoms with Gasteiger partial charge in [-0.15, -0.1) is 10.2 Å². The number of hydrogen-bond donors (Lipinski definition) is 0. The first-order chi connectivity index (χ1) is 13.6. The smallest absolute Gasteiger partial charge is 0.261 e. The van der Waals surface area contributed by atoms with Crippen molar-refractivity contribution >= 4 is 17.5 Å². The molecule has 0 atom stereocenters. The molecule has 1 aliphatic rings. The average molecular weight is 402 g/mol. The molecule has 1 aliphatic carbocycles. The SMILES string of the molecule is O=C(COc1cccc(F)c1)N(Cc1nnc(-c2ccc(Cl)cc2)o1)C1CC1. The molecule has 1 heterocycles. The lowest BCUT2D eigenvalue weighted by atomic mass is 10.2. The van der Waals surface area contributed by atoms with E-state index < -0.39 is 5.82 Å². The molecule has 144 valence electrons. The molecule has 0 radical (unpaired) electrons. The Hall–Kier alpha value is -2.93. The predicted molar refractivity (Wildman–Crippen MR) is 100 cm³/mol. The number of hydrogen-bond acceptors (Lipinski definition) is 5. The second kappa shape index (κ2) is 7.98. The van der Waals surface area contributed by atoms with Crippen molar-refractivity contribution in [3.05, 3.63) is 65.3 Å². The van der Waals surface area contributed by atoms with E-state index in [1.807, 2.05) is 0 Å². The highest BCUT2D eigenvalue weighted by atomic mass is 35.5. The van der Waals surface area contributed by atoms with E-state index in [-0.39, 0.29) is 25.1 Å². The molecule has 2 aromatic carbocycles. The van der Waals surface area contributed by atoms with Gasteiger partial charge in [0, 0.05) is 22.7 Å². The number of amides is 1. The van der Waals surface area contributed by atoms with Gasteiger partial charge < -0.3 is 14.1 Å². The molecule has 0 saturated heterocycles. The monoisotopic (exact) mass is 401 g/mol. The Morgan fingerprint density at radius 2 is 2.00 bits per heavy atom. The summed E-state index contributed by atoms with van der Waals surface area (Å²) in [5.41, 5.74) is 0.752. The van der Waals surface area contributed by atoms with Gasteiger partial charge in [0.05, 0.1) is 6.54 Å². The fraction of sp³-hybridized carbons (Fsp3) is 0.250. The van der Waals surface area contributed by atoms with Crippen molar-refractivity contribution in [1.82, 2.24) is 15.1 Å². The average Bonchev–Trinajstić information content (AvgIpc) is 3.43. The molecule has 8 heteroatoms. The molecule has 0 unspecified atom stereocenters. The Bertz CT molecular complexity index is 973. The fourth-order valence-electron chi connectivity index (χ4n) is 2.76. The number of carbonyl (C=O) groups excluding carboxylic acids is 1. The molecular formula is C20H17ClFN3O3. The number of halogens is 2. The van der Waals surface area contributed by atoms with Gasteiger partial charge in [0.25, 0.3) is 5.91 Å². The molecule has 28 heavy (non-hydrogen) atoms. The quantitative estimate of drug-likeness (QED) is 0.596. The molecule has 1 aromatic heterocycles. The number of rotatable bonds is 7. The highest BCUT2D eigenvalue weighted by molar-refractivity contribution is 6.30. The second-order valence-electron chi connectivity index (χ2n) is 6.51. The highest BCUT2D eigenvalue weighted by Crippen LogP contribution is 2.29. The summed E-state index contributed by atoms with van der Waals surface area (Å²) in [7, 11) is 0. The third-order valence-electron chi connectivity index (χ3n) is 4.33. The highest BCUT2D eigenvalue weighted by Gasteiger charge is 2.34. The molecule has 3 aromatic rings. The standard InChI is InChI=1S/C20H17ClFN3O3/c21-14-6-4-13(5-7-14)20-24-23-18(28-20)11-25(16-8-9-16)19(26)12-27-17-3-1-2-15(22)10-17/h1-7,10,16H,8-9,11-12H2. The predicted octanol–water partition coefficient (Wildman–Crippen LogP) is 4.10. The van der Waals surface area contributed by atoms with Crippen LogP contribution in [-0.4, -0.2) is 33.7 Å². The van der Waals surface area contributed by atoms with E-state index in [0.29, 0.717) is 22.6 Å².